The van der Waals surface area contributed by atoms with Crippen molar-refractivity contribution >= 4 is 51.2 Å². The average molecular weight is 610 g/mol. The number of aryl methyl sites for hydroxylation is 4. The molecule has 3 rings (SSSR count). The van der Waals surface area contributed by atoms with Gasteiger partial charge >= 0.3 is 5.97 Å². The first kappa shape index (κ1) is 22.3. The van der Waals surface area contributed by atoms with Crippen LogP contribution in [0.3, 0.4) is 0 Å². The predicted octanol–water partition coefficient (Wildman–Crippen LogP) is 6.96. The third kappa shape index (κ3) is 5.81. The average Bonchev–Trinajstić information content (AvgIpc) is 2.68. The van der Waals surface area contributed by atoms with Crippen LogP contribution in [0.25, 0.3) is 0 Å². The first-order valence-electron chi connectivity index (χ1n) is 9.61. The fraction of sp³-hybridized carbons (Fsp3) is 0.240. The Balaban J connectivity index is 1.81. The van der Waals surface area contributed by atoms with Crippen molar-refractivity contribution in [2.75, 3.05) is 0 Å². The molecule has 0 aliphatic carbocycles. The SMILES string of the molecule is Cc1cc(C)c(CCc2cc(I)c(C)cc2C(=O)OCc2ccccc2)c(I)c1. The number of ether oxygens (including phenoxy) is 1. The molecule has 150 valence electrons. The summed E-state index contributed by atoms with van der Waals surface area (Å²) in [5.74, 6) is -0.251. The summed E-state index contributed by atoms with van der Waals surface area (Å²) in [6.07, 6.45) is 1.72. The Morgan fingerprint density at radius 3 is 2.28 bits per heavy atom. The van der Waals surface area contributed by atoms with Crippen LogP contribution in [0.1, 0.15) is 43.7 Å². The number of carbonyl (C=O) groups excluding carboxylic acids is 1. The number of hydrogen-bond donors (Lipinski definition) is 0. The van der Waals surface area contributed by atoms with Crippen LogP contribution in [0, 0.1) is 27.9 Å². The van der Waals surface area contributed by atoms with Gasteiger partial charge in [0.15, 0.2) is 0 Å². The molecule has 0 fully saturated rings. The number of esters is 1. The zero-order chi connectivity index (χ0) is 21.0. The third-order valence-electron chi connectivity index (χ3n) is 5.02. The van der Waals surface area contributed by atoms with Crippen LogP contribution < -0.4 is 0 Å². The molecule has 29 heavy (non-hydrogen) atoms. The Bertz CT molecular complexity index is 1000. The first-order chi connectivity index (χ1) is 13.8. The van der Waals surface area contributed by atoms with Gasteiger partial charge in [-0.2, -0.15) is 0 Å². The van der Waals surface area contributed by atoms with Crippen molar-refractivity contribution in [3.63, 3.8) is 0 Å². The van der Waals surface area contributed by atoms with Gasteiger partial charge in [0.05, 0.1) is 5.56 Å². The molecule has 0 saturated carbocycles. The molecule has 4 heteroatoms. The number of benzene rings is 3. The molecule has 0 atom stereocenters. The molecule has 0 aliphatic heterocycles. The molecule has 3 aromatic rings. The standard InChI is InChI=1S/C25H24I2O2/c1-16-11-17(2)21(24(27)12-16)10-9-20-14-23(26)18(3)13-22(20)25(28)29-15-19-7-5-4-6-8-19/h4-8,11-14H,9-10,15H2,1-3H3. The fourth-order valence-corrected chi connectivity index (χ4v) is 5.16. The topological polar surface area (TPSA) is 26.3 Å². The van der Waals surface area contributed by atoms with Crippen LogP contribution in [0.15, 0.2) is 54.6 Å². The van der Waals surface area contributed by atoms with E-state index in [-0.39, 0.29) is 5.97 Å². The highest BCUT2D eigenvalue weighted by molar-refractivity contribution is 14.1. The minimum absolute atomic E-state index is 0.251. The van der Waals surface area contributed by atoms with Gasteiger partial charge in [-0.05, 0) is 130 Å². The summed E-state index contributed by atoms with van der Waals surface area (Å²) in [4.78, 5) is 12.9. The van der Waals surface area contributed by atoms with Crippen molar-refractivity contribution in [1.82, 2.24) is 0 Å². The molecular formula is C25H24I2O2. The van der Waals surface area contributed by atoms with E-state index in [9.17, 15) is 4.79 Å². The second-order valence-corrected chi connectivity index (χ2v) is 9.69. The first-order valence-corrected chi connectivity index (χ1v) is 11.8. The maximum absolute atomic E-state index is 12.9. The van der Waals surface area contributed by atoms with Crippen LogP contribution in [0.5, 0.6) is 0 Å². The van der Waals surface area contributed by atoms with E-state index in [0.717, 1.165) is 29.5 Å². The van der Waals surface area contributed by atoms with Gasteiger partial charge in [-0.15, -0.1) is 0 Å². The molecule has 0 unspecified atom stereocenters. The zero-order valence-electron chi connectivity index (χ0n) is 16.9. The fourth-order valence-electron chi connectivity index (χ4n) is 3.44. The van der Waals surface area contributed by atoms with Gasteiger partial charge in [0.25, 0.3) is 0 Å². The van der Waals surface area contributed by atoms with Gasteiger partial charge in [-0.1, -0.05) is 36.4 Å². The molecule has 0 radical (unpaired) electrons. The lowest BCUT2D eigenvalue weighted by atomic mass is 9.95. The summed E-state index contributed by atoms with van der Waals surface area (Å²) >= 11 is 4.75. The largest absolute Gasteiger partial charge is 0.457 e. The van der Waals surface area contributed by atoms with Crippen molar-refractivity contribution in [2.45, 2.75) is 40.2 Å². The smallest absolute Gasteiger partial charge is 0.338 e. The summed E-state index contributed by atoms with van der Waals surface area (Å²) in [7, 11) is 0. The van der Waals surface area contributed by atoms with E-state index < -0.39 is 0 Å². The predicted molar refractivity (Wildman–Crippen MR) is 135 cm³/mol. The van der Waals surface area contributed by atoms with E-state index in [0.29, 0.717) is 12.2 Å². The summed E-state index contributed by atoms with van der Waals surface area (Å²) < 4.78 is 8.08. The van der Waals surface area contributed by atoms with E-state index in [1.165, 1.54) is 23.8 Å². The van der Waals surface area contributed by atoms with Crippen molar-refractivity contribution in [3.05, 3.63) is 101 Å². The lowest BCUT2D eigenvalue weighted by Gasteiger charge is -2.14. The van der Waals surface area contributed by atoms with E-state index in [4.69, 9.17) is 4.74 Å². The van der Waals surface area contributed by atoms with Crippen LogP contribution in [-0.2, 0) is 24.2 Å². The molecule has 0 aliphatic rings. The van der Waals surface area contributed by atoms with E-state index in [1.54, 1.807) is 0 Å². The van der Waals surface area contributed by atoms with Gasteiger partial charge in [0, 0.05) is 7.14 Å². The van der Waals surface area contributed by atoms with E-state index in [1.807, 2.05) is 43.3 Å². The maximum atomic E-state index is 12.9. The number of rotatable bonds is 6. The summed E-state index contributed by atoms with van der Waals surface area (Å²) in [5, 5.41) is 0. The van der Waals surface area contributed by atoms with Gasteiger partial charge in [-0.25, -0.2) is 4.79 Å². The van der Waals surface area contributed by atoms with Gasteiger partial charge < -0.3 is 4.74 Å². The molecule has 3 aromatic carbocycles. The Morgan fingerprint density at radius 1 is 0.862 bits per heavy atom. The van der Waals surface area contributed by atoms with Crippen LogP contribution >= 0.6 is 45.2 Å². The van der Waals surface area contributed by atoms with Crippen LogP contribution in [-0.4, -0.2) is 5.97 Å². The summed E-state index contributed by atoms with van der Waals surface area (Å²) in [5.41, 5.74) is 7.77. The molecule has 0 bridgehead atoms. The number of carbonyl (C=O) groups is 1. The molecule has 0 N–H and O–H groups in total. The second kappa shape index (κ2) is 10.1. The Kier molecular flexibility index (Phi) is 7.73. The monoisotopic (exact) mass is 610 g/mol. The highest BCUT2D eigenvalue weighted by Gasteiger charge is 2.16. The maximum Gasteiger partial charge on any atom is 0.338 e. The van der Waals surface area contributed by atoms with E-state index >= 15 is 0 Å². The van der Waals surface area contributed by atoms with Gasteiger partial charge in [-0.3, -0.25) is 0 Å². The molecule has 0 spiro atoms. The Labute approximate surface area is 200 Å². The Morgan fingerprint density at radius 2 is 1.59 bits per heavy atom. The normalized spacial score (nSPS) is 10.8. The highest BCUT2D eigenvalue weighted by Crippen LogP contribution is 2.25. The minimum Gasteiger partial charge on any atom is -0.457 e. The van der Waals surface area contributed by atoms with Crippen molar-refractivity contribution in [2.24, 2.45) is 0 Å². The number of halogens is 2. The van der Waals surface area contributed by atoms with Gasteiger partial charge in [0.2, 0.25) is 0 Å². The van der Waals surface area contributed by atoms with Crippen molar-refractivity contribution in [3.8, 4) is 0 Å². The zero-order valence-corrected chi connectivity index (χ0v) is 21.2. The lowest BCUT2D eigenvalue weighted by Crippen LogP contribution is -2.11. The molecule has 0 amide bonds. The number of hydrogen-bond acceptors (Lipinski definition) is 2. The molecule has 2 nitrogen and oxygen atoms in total. The van der Waals surface area contributed by atoms with Crippen LogP contribution in [0.2, 0.25) is 0 Å². The van der Waals surface area contributed by atoms with E-state index in [2.05, 4.69) is 77.2 Å². The lowest BCUT2D eigenvalue weighted by molar-refractivity contribution is 0.0471. The third-order valence-corrected chi connectivity index (χ3v) is 7.15. The van der Waals surface area contributed by atoms with Crippen LogP contribution in [0.4, 0.5) is 0 Å². The summed E-state index contributed by atoms with van der Waals surface area (Å²) in [6.45, 7) is 6.62. The highest BCUT2D eigenvalue weighted by atomic mass is 127. The van der Waals surface area contributed by atoms with Gasteiger partial charge in [0.1, 0.15) is 6.61 Å². The molecule has 0 aromatic heterocycles. The molecule has 0 saturated heterocycles. The Hall–Kier alpha value is -1.41. The molecular weight excluding hydrogens is 586 g/mol. The minimum atomic E-state index is -0.251. The molecule has 0 heterocycles. The second-order valence-electron chi connectivity index (χ2n) is 7.36. The van der Waals surface area contributed by atoms with Crippen molar-refractivity contribution < 1.29 is 9.53 Å². The summed E-state index contributed by atoms with van der Waals surface area (Å²) in [6, 6.07) is 18.3. The van der Waals surface area contributed by atoms with Crippen molar-refractivity contribution in [1.29, 1.82) is 0 Å². The quantitative estimate of drug-likeness (QED) is 0.223.